The highest BCUT2D eigenvalue weighted by Crippen LogP contribution is 2.39. The highest BCUT2D eigenvalue weighted by molar-refractivity contribution is 9.10. The second kappa shape index (κ2) is 45.5. The molecular weight excluding hydrogens is 1570 g/mol. The van der Waals surface area contributed by atoms with E-state index in [1.165, 1.54) is 32.9 Å². The molecule has 0 bridgehead atoms. The molecule has 0 saturated heterocycles. The molecule has 5 aliphatic rings. The van der Waals surface area contributed by atoms with E-state index in [1.54, 1.807) is 6.20 Å². The number of aryl methyl sites for hydroxylation is 2. The Morgan fingerprint density at radius 3 is 1.19 bits per heavy atom. The Morgan fingerprint density at radius 2 is 0.825 bits per heavy atom. The van der Waals surface area contributed by atoms with Gasteiger partial charge in [0.1, 0.15) is 5.60 Å². The summed E-state index contributed by atoms with van der Waals surface area (Å²) in [4.78, 5) is 57.9. The molecular formula is C90H127Br2N11O11. The lowest BCUT2D eigenvalue weighted by Gasteiger charge is -2.27. The molecule has 114 heavy (non-hydrogen) atoms. The Bertz CT molecular complexity index is 4650. The highest BCUT2D eigenvalue weighted by Gasteiger charge is 2.33. The Hall–Kier alpha value is -8.74. The molecule has 0 spiro atoms. The van der Waals surface area contributed by atoms with Gasteiger partial charge in [-0.3, -0.25) is 43.0 Å². The van der Waals surface area contributed by atoms with Gasteiger partial charge in [0, 0.05) is 41.9 Å². The smallest absolute Gasteiger partial charge is 0.407 e. The first kappa shape index (κ1) is 94.1. The van der Waals surface area contributed by atoms with Crippen LogP contribution in [0.15, 0.2) is 138 Å². The minimum atomic E-state index is -0.652. The molecule has 24 heteroatoms. The van der Waals surface area contributed by atoms with Gasteiger partial charge in [0.2, 0.25) is 0 Å². The van der Waals surface area contributed by atoms with Crippen molar-refractivity contribution in [1.29, 1.82) is 0 Å². The van der Waals surface area contributed by atoms with Crippen LogP contribution in [0.4, 0.5) is 4.79 Å². The maximum atomic E-state index is 11.8. The monoisotopic (exact) mass is 1700 g/mol. The Labute approximate surface area is 691 Å². The normalized spacial score (nSPS) is 21.1. The van der Waals surface area contributed by atoms with Gasteiger partial charge in [-0.05, 0) is 272 Å². The number of nitrogens with one attached hydrogen (secondary N) is 2. The lowest BCUT2D eigenvalue weighted by Crippen LogP contribution is -2.41. The van der Waals surface area contributed by atoms with Gasteiger partial charge in [0.05, 0.1) is 132 Å². The van der Waals surface area contributed by atoms with Crippen molar-refractivity contribution in [3.63, 3.8) is 0 Å². The number of carbonyl (C=O) groups excluding carboxylic acids is 4. The van der Waals surface area contributed by atoms with Gasteiger partial charge in [-0.2, -0.15) is 25.5 Å². The largest absolute Gasteiger partial charge is 0.481 e. The number of aromatic amines is 1. The first-order chi connectivity index (χ1) is 53.0. The molecule has 1 amide bonds. The van der Waals surface area contributed by atoms with Crippen molar-refractivity contribution in [2.45, 2.75) is 268 Å². The van der Waals surface area contributed by atoms with Gasteiger partial charge < -0.3 is 34.5 Å². The molecule has 622 valence electrons. The van der Waals surface area contributed by atoms with Crippen LogP contribution in [0.3, 0.4) is 0 Å². The fraction of sp³-hybridized carbons (Fsp3) is 0.533. The van der Waals surface area contributed by atoms with Crippen LogP contribution in [0.1, 0.15) is 254 Å². The number of aliphatic hydroxyl groups excluding tert-OH is 1. The fourth-order valence-corrected chi connectivity index (χ4v) is 16.4. The van der Waals surface area contributed by atoms with E-state index in [4.69, 9.17) is 24.1 Å². The van der Waals surface area contributed by atoms with Crippen molar-refractivity contribution in [3.8, 4) is 0 Å². The number of ether oxygens (including phenoxy) is 4. The van der Waals surface area contributed by atoms with Crippen LogP contribution in [0, 0.1) is 23.7 Å². The standard InChI is InChI=1S/C18H24N2O2.C18H22N2O2.C16H19BrN2O2.C16H20N2O2.C11H21NO3.C7H5BrN2.4CH4/c2*1-3-13-5-10-17-15(11-13)12-19-20(17)16-8-6-14(7-9-16)18(21)22-4-2;1-2-21-16(20)11-3-6-14(7-4-11)19-15-8-5-13(17)9-12(15)10-18-19;1-2-11-3-8-15-13(9-11)10-17-18(15)14-6-4-12(5-7-14)16(19)20;1-11(2,3)15-10(14)12-8-4-6-9(13)7-5-8;8-6-1-2-7-5(3-6)4-9-10-7;;;;/h5,10-12,14,16H,3-4,6-9H2,1-2H3;3,5,10-12,14,16H,1,4,6-9H2,2H3;5,8-11,14H,2-4,6-7H2,1H3;3,8-10,12,14H,2,4-7H2,1H3,(H,19,20);8-9,13H,4-7H2,1-3H3,(H,12,14);1-4H,(H,9,10);4*1H4. The van der Waals surface area contributed by atoms with Crippen molar-refractivity contribution in [1.82, 2.24) is 54.6 Å². The molecule has 5 aromatic carbocycles. The number of hydrogen-bond donors (Lipinski definition) is 4. The summed E-state index contributed by atoms with van der Waals surface area (Å²) in [6.07, 6.45) is 30.7. The topological polar surface area (TPSA) is 275 Å². The number of halogens is 2. The second-order valence-electron chi connectivity index (χ2n) is 30.4. The lowest BCUT2D eigenvalue weighted by atomic mass is 9.86. The van der Waals surface area contributed by atoms with Crippen molar-refractivity contribution < 1.29 is 53.1 Å². The van der Waals surface area contributed by atoms with Gasteiger partial charge in [-0.15, -0.1) is 0 Å². The number of nitrogens with zero attached hydrogens (tertiary/aromatic N) is 9. The van der Waals surface area contributed by atoms with E-state index in [0.29, 0.717) is 44.0 Å². The summed E-state index contributed by atoms with van der Waals surface area (Å²) >= 11 is 6.86. The summed E-state index contributed by atoms with van der Waals surface area (Å²) in [5, 5.41) is 52.0. The van der Waals surface area contributed by atoms with Crippen LogP contribution >= 0.6 is 31.9 Å². The molecule has 5 heterocycles. The molecule has 0 radical (unpaired) electrons. The molecule has 0 aliphatic heterocycles. The first-order valence-corrected chi connectivity index (χ1v) is 41.3. The molecule has 4 N–H and O–H groups in total. The summed E-state index contributed by atoms with van der Waals surface area (Å²) < 4.78 is 31.2. The van der Waals surface area contributed by atoms with Crippen LogP contribution in [0.2, 0.25) is 0 Å². The molecule has 5 saturated carbocycles. The molecule has 0 unspecified atom stereocenters. The molecule has 0 atom stereocenters. The van der Waals surface area contributed by atoms with Crippen molar-refractivity contribution >= 4 is 122 Å². The van der Waals surface area contributed by atoms with Crippen LogP contribution in [0.5, 0.6) is 0 Å². The number of esters is 3. The third kappa shape index (κ3) is 25.9. The number of aliphatic carboxylic acids is 1. The molecule has 5 aliphatic carbocycles. The fourth-order valence-electron chi connectivity index (χ4n) is 15.7. The zero-order valence-electron chi connectivity index (χ0n) is 65.1. The average Bonchev–Trinajstić information content (AvgIpc) is 1.68. The lowest BCUT2D eigenvalue weighted by molar-refractivity contribution is -0.150. The van der Waals surface area contributed by atoms with Crippen molar-refractivity contribution in [2.24, 2.45) is 23.7 Å². The van der Waals surface area contributed by atoms with Gasteiger partial charge in [0.25, 0.3) is 0 Å². The predicted molar refractivity (Wildman–Crippen MR) is 465 cm³/mol. The Kier molecular flexibility index (Phi) is 37.6. The zero-order valence-corrected chi connectivity index (χ0v) is 68.3. The van der Waals surface area contributed by atoms with E-state index < -0.39 is 11.6 Å². The van der Waals surface area contributed by atoms with Gasteiger partial charge in [0.15, 0.2) is 0 Å². The number of hydrogen-bond acceptors (Lipinski definition) is 15. The molecule has 22 nitrogen and oxygen atoms in total. The van der Waals surface area contributed by atoms with Crippen LogP contribution < -0.4 is 5.32 Å². The summed E-state index contributed by atoms with van der Waals surface area (Å²) in [6.45, 7) is 20.6. The minimum absolute atomic E-state index is 0. The number of alkyl carbamates (subject to hydrolysis) is 1. The minimum Gasteiger partial charge on any atom is -0.481 e. The molecule has 15 rings (SSSR count). The maximum absolute atomic E-state index is 11.8. The predicted octanol–water partition coefficient (Wildman–Crippen LogP) is 22.1. The number of aliphatic hydroxyl groups is 1. The van der Waals surface area contributed by atoms with E-state index in [9.17, 15) is 29.1 Å². The second-order valence-corrected chi connectivity index (χ2v) is 32.3. The highest BCUT2D eigenvalue weighted by atomic mass is 79.9. The summed E-state index contributed by atoms with van der Waals surface area (Å²) in [5.41, 5.74) is 9.10. The van der Waals surface area contributed by atoms with E-state index >= 15 is 0 Å². The van der Waals surface area contributed by atoms with E-state index in [0.717, 1.165) is 188 Å². The van der Waals surface area contributed by atoms with Gasteiger partial charge >= 0.3 is 30.0 Å². The Morgan fingerprint density at radius 1 is 0.474 bits per heavy atom. The Balaban J connectivity index is 0.000000214. The third-order valence-electron chi connectivity index (χ3n) is 21.7. The summed E-state index contributed by atoms with van der Waals surface area (Å²) in [7, 11) is 0. The number of rotatable bonds is 15. The van der Waals surface area contributed by atoms with E-state index in [2.05, 4.69) is 174 Å². The van der Waals surface area contributed by atoms with E-state index in [1.807, 2.05) is 96.7 Å². The number of aromatic nitrogens is 10. The van der Waals surface area contributed by atoms with Crippen LogP contribution in [-0.4, -0.2) is 127 Å². The molecule has 10 aromatic rings. The molecule has 5 aromatic heterocycles. The summed E-state index contributed by atoms with van der Waals surface area (Å²) in [6, 6.07) is 33.3. The van der Waals surface area contributed by atoms with Crippen molar-refractivity contribution in [3.05, 3.63) is 154 Å². The van der Waals surface area contributed by atoms with Crippen LogP contribution in [-0.2, 0) is 51.0 Å². The van der Waals surface area contributed by atoms with Crippen molar-refractivity contribution in [2.75, 3.05) is 19.8 Å². The number of carbonyl (C=O) groups is 5. The number of amides is 1. The maximum Gasteiger partial charge on any atom is 0.407 e. The number of fused-ring (bicyclic) bond motifs is 5. The van der Waals surface area contributed by atoms with Gasteiger partial charge in [-0.25, -0.2) is 4.79 Å². The zero-order chi connectivity index (χ0) is 78.4. The number of carboxylic acid groups (broad SMARTS) is 1. The first-order valence-electron chi connectivity index (χ1n) is 39.7. The average molecular weight is 1700 g/mol. The number of H-pyrrole nitrogens is 1. The van der Waals surface area contributed by atoms with Crippen LogP contribution in [0.25, 0.3) is 60.6 Å². The number of benzene rings is 5. The molecule has 5 fully saturated rings. The summed E-state index contributed by atoms with van der Waals surface area (Å²) in [5.74, 6) is -0.723. The number of carboxylic acids is 1. The van der Waals surface area contributed by atoms with Gasteiger partial charge in [-0.1, -0.05) is 106 Å². The van der Waals surface area contributed by atoms with E-state index in [-0.39, 0.29) is 89.5 Å². The third-order valence-corrected chi connectivity index (χ3v) is 22.7. The SMILES string of the molecule is Brc1ccc2[nH]ncc2c1.C.C.C.C.C=Cc1ccc2c(cnn2C2CCC(C(=O)OCC)CC2)c1.CC(C)(C)OC(=O)NC1CCC(O)CC1.CCOC(=O)C1CCC(n2ncc3cc(Br)ccc32)CC1.CCOC(=O)C1CCC(n2ncc3cc(CC)ccc32)CC1.CCc1ccc2c(cnn2C2CCC(C(=O)O)CC2)c1. The quantitative estimate of drug-likeness (QED) is 0.0548.